The number of anilines is 1. The minimum absolute atomic E-state index is 0.458. The molecule has 1 rings (SSSR count). The van der Waals surface area contributed by atoms with E-state index in [0.29, 0.717) is 24.1 Å². The Morgan fingerprint density at radius 2 is 2.24 bits per heavy atom. The lowest BCUT2D eigenvalue weighted by atomic mass is 10.3. The van der Waals surface area contributed by atoms with E-state index >= 15 is 0 Å². The van der Waals surface area contributed by atoms with Crippen LogP contribution in [0.1, 0.15) is 19.7 Å². The first-order valence-corrected chi connectivity index (χ1v) is 5.39. The number of rotatable bonds is 5. The summed E-state index contributed by atoms with van der Waals surface area (Å²) in [7, 11) is 1.68. The summed E-state index contributed by atoms with van der Waals surface area (Å²) in [5.41, 5.74) is 0. The lowest BCUT2D eigenvalue weighted by Gasteiger charge is -2.22. The third kappa shape index (κ3) is 3.30. The Hall–Kier alpha value is -1.85. The van der Waals surface area contributed by atoms with E-state index in [0.717, 1.165) is 0 Å². The van der Waals surface area contributed by atoms with Gasteiger partial charge >= 0.3 is 5.97 Å². The van der Waals surface area contributed by atoms with Crippen molar-refractivity contribution in [2.24, 2.45) is 0 Å². The van der Waals surface area contributed by atoms with Crippen molar-refractivity contribution in [3.63, 3.8) is 0 Å². The Morgan fingerprint density at radius 1 is 1.59 bits per heavy atom. The summed E-state index contributed by atoms with van der Waals surface area (Å²) in [6, 6.07) is 0.981. The number of carboxylic acids is 1. The molecule has 17 heavy (non-hydrogen) atoms. The fourth-order valence-corrected chi connectivity index (χ4v) is 1.29. The molecule has 0 saturated heterocycles. The lowest BCUT2D eigenvalue weighted by molar-refractivity contribution is -0.138. The van der Waals surface area contributed by atoms with Gasteiger partial charge in [-0.05, 0) is 20.8 Å². The predicted octanol–water partition coefficient (Wildman–Crippen LogP) is 1.09. The Labute approximate surface area is 100 Å². The number of hydrogen-bond acceptors (Lipinski definition) is 5. The van der Waals surface area contributed by atoms with E-state index in [4.69, 9.17) is 9.84 Å². The number of hydrogen-bond donors (Lipinski definition) is 1. The first-order chi connectivity index (χ1) is 7.95. The number of aromatic nitrogens is 2. The molecule has 0 aromatic carbocycles. The van der Waals surface area contributed by atoms with Crippen LogP contribution in [-0.2, 0) is 4.79 Å². The minimum atomic E-state index is -0.901. The van der Waals surface area contributed by atoms with E-state index in [9.17, 15) is 4.79 Å². The zero-order valence-corrected chi connectivity index (χ0v) is 10.5. The van der Waals surface area contributed by atoms with E-state index in [-0.39, 0.29) is 0 Å². The second-order valence-corrected chi connectivity index (χ2v) is 3.67. The van der Waals surface area contributed by atoms with Gasteiger partial charge in [0.15, 0.2) is 0 Å². The Kier molecular flexibility index (Phi) is 4.25. The fourth-order valence-electron chi connectivity index (χ4n) is 1.29. The number of aryl methyl sites for hydroxylation is 1. The van der Waals surface area contributed by atoms with Crippen molar-refractivity contribution in [2.75, 3.05) is 18.6 Å². The standard InChI is InChI=1S/C11H17N3O3/c1-5-17-10-6-9(12-8(3)13-10)14(4)7(2)11(15)16/h6-7H,5H2,1-4H3,(H,15,16). The van der Waals surface area contributed by atoms with E-state index in [1.54, 1.807) is 31.9 Å². The first-order valence-electron chi connectivity index (χ1n) is 5.39. The van der Waals surface area contributed by atoms with Crippen LogP contribution in [0, 0.1) is 6.92 Å². The maximum Gasteiger partial charge on any atom is 0.326 e. The molecule has 0 radical (unpaired) electrons. The van der Waals surface area contributed by atoms with Crippen molar-refractivity contribution in [1.82, 2.24) is 9.97 Å². The van der Waals surface area contributed by atoms with Gasteiger partial charge in [-0.1, -0.05) is 0 Å². The van der Waals surface area contributed by atoms with Gasteiger partial charge in [-0.2, -0.15) is 4.98 Å². The van der Waals surface area contributed by atoms with Crippen LogP contribution in [0.3, 0.4) is 0 Å². The van der Waals surface area contributed by atoms with Crippen LogP contribution in [0.15, 0.2) is 6.07 Å². The molecule has 0 spiro atoms. The number of nitrogens with zero attached hydrogens (tertiary/aromatic N) is 3. The second-order valence-electron chi connectivity index (χ2n) is 3.67. The molecule has 94 valence electrons. The molecular formula is C11H17N3O3. The van der Waals surface area contributed by atoms with Crippen LogP contribution in [0.4, 0.5) is 5.82 Å². The maximum atomic E-state index is 10.9. The smallest absolute Gasteiger partial charge is 0.326 e. The van der Waals surface area contributed by atoms with Crippen LogP contribution in [0.2, 0.25) is 0 Å². The maximum absolute atomic E-state index is 10.9. The number of carbonyl (C=O) groups is 1. The highest BCUT2D eigenvalue weighted by atomic mass is 16.5. The number of carboxylic acid groups (broad SMARTS) is 1. The van der Waals surface area contributed by atoms with Crippen LogP contribution < -0.4 is 9.64 Å². The number of aliphatic carboxylic acids is 1. The van der Waals surface area contributed by atoms with Gasteiger partial charge < -0.3 is 14.7 Å². The average Bonchev–Trinajstić information content (AvgIpc) is 2.26. The molecule has 0 aliphatic carbocycles. The SMILES string of the molecule is CCOc1cc(N(C)C(C)C(=O)O)nc(C)n1. The van der Waals surface area contributed by atoms with Crippen molar-refractivity contribution < 1.29 is 14.6 Å². The topological polar surface area (TPSA) is 75.5 Å². The Morgan fingerprint density at radius 3 is 2.76 bits per heavy atom. The molecule has 1 heterocycles. The highest BCUT2D eigenvalue weighted by molar-refractivity contribution is 5.77. The van der Waals surface area contributed by atoms with Crippen LogP contribution in [0.25, 0.3) is 0 Å². The molecule has 0 saturated carbocycles. The third-order valence-corrected chi connectivity index (χ3v) is 2.39. The van der Waals surface area contributed by atoms with Gasteiger partial charge in [0.2, 0.25) is 5.88 Å². The summed E-state index contributed by atoms with van der Waals surface area (Å²) < 4.78 is 5.29. The second kappa shape index (κ2) is 5.47. The monoisotopic (exact) mass is 239 g/mol. The summed E-state index contributed by atoms with van der Waals surface area (Å²) in [5.74, 6) is 0.646. The van der Waals surface area contributed by atoms with Crippen molar-refractivity contribution in [2.45, 2.75) is 26.8 Å². The van der Waals surface area contributed by atoms with Crippen molar-refractivity contribution >= 4 is 11.8 Å². The highest BCUT2D eigenvalue weighted by Crippen LogP contribution is 2.18. The molecule has 0 fully saturated rings. The van der Waals surface area contributed by atoms with Crippen molar-refractivity contribution in [3.8, 4) is 5.88 Å². The zero-order chi connectivity index (χ0) is 13.0. The van der Waals surface area contributed by atoms with Crippen LogP contribution in [0.5, 0.6) is 5.88 Å². The summed E-state index contributed by atoms with van der Waals surface area (Å²) >= 11 is 0. The van der Waals surface area contributed by atoms with Gasteiger partial charge in [-0.15, -0.1) is 0 Å². The van der Waals surface area contributed by atoms with Gasteiger partial charge in [-0.3, -0.25) is 0 Å². The predicted molar refractivity (Wildman–Crippen MR) is 63.4 cm³/mol. The molecule has 1 unspecified atom stereocenters. The normalized spacial score (nSPS) is 12.0. The largest absolute Gasteiger partial charge is 0.480 e. The third-order valence-electron chi connectivity index (χ3n) is 2.39. The highest BCUT2D eigenvalue weighted by Gasteiger charge is 2.19. The van der Waals surface area contributed by atoms with Gasteiger partial charge in [0.05, 0.1) is 6.61 Å². The Balaban J connectivity index is 3.00. The summed E-state index contributed by atoms with van der Waals surface area (Å²) in [5, 5.41) is 8.94. The quantitative estimate of drug-likeness (QED) is 0.829. The summed E-state index contributed by atoms with van der Waals surface area (Å²) in [6.45, 7) is 5.71. The number of ether oxygens (including phenoxy) is 1. The van der Waals surface area contributed by atoms with E-state index in [1.807, 2.05) is 6.92 Å². The van der Waals surface area contributed by atoms with E-state index < -0.39 is 12.0 Å². The van der Waals surface area contributed by atoms with Crippen LogP contribution >= 0.6 is 0 Å². The molecular weight excluding hydrogens is 222 g/mol. The van der Waals surface area contributed by atoms with Gasteiger partial charge in [0.1, 0.15) is 17.7 Å². The molecule has 0 bridgehead atoms. The van der Waals surface area contributed by atoms with Gasteiger partial charge in [0.25, 0.3) is 0 Å². The Bertz CT molecular complexity index is 409. The van der Waals surface area contributed by atoms with Crippen molar-refractivity contribution in [3.05, 3.63) is 11.9 Å². The molecule has 0 aliphatic rings. The molecule has 1 aromatic heterocycles. The van der Waals surface area contributed by atoms with Crippen LogP contribution in [-0.4, -0.2) is 40.7 Å². The fraction of sp³-hybridized carbons (Fsp3) is 0.545. The average molecular weight is 239 g/mol. The van der Waals surface area contributed by atoms with Crippen molar-refractivity contribution in [1.29, 1.82) is 0 Å². The molecule has 1 aromatic rings. The molecule has 1 atom stereocenters. The molecule has 0 amide bonds. The number of likely N-dealkylation sites (N-methyl/N-ethyl adjacent to an activating group) is 1. The van der Waals surface area contributed by atoms with E-state index in [2.05, 4.69) is 9.97 Å². The lowest BCUT2D eigenvalue weighted by Crippen LogP contribution is -2.36. The minimum Gasteiger partial charge on any atom is -0.480 e. The molecule has 0 aliphatic heterocycles. The zero-order valence-electron chi connectivity index (χ0n) is 10.5. The molecule has 1 N–H and O–H groups in total. The summed E-state index contributed by atoms with van der Waals surface area (Å²) in [6.07, 6.45) is 0. The molecule has 6 nitrogen and oxygen atoms in total. The first kappa shape index (κ1) is 13.2. The van der Waals surface area contributed by atoms with E-state index in [1.165, 1.54) is 0 Å². The van der Waals surface area contributed by atoms with Gasteiger partial charge in [-0.25, -0.2) is 9.78 Å². The molecule has 6 heteroatoms. The van der Waals surface area contributed by atoms with Gasteiger partial charge in [0, 0.05) is 13.1 Å². The summed E-state index contributed by atoms with van der Waals surface area (Å²) in [4.78, 5) is 20.8.